The molecule has 0 atom stereocenters. The SMILES string of the molecule is CC(C(OP(=O)(O)O)(OP(=O)(O)O)P(=O)(O)O)(P(=O)(O)O)P(=O)(O)O. The van der Waals surface area contributed by atoms with E-state index in [2.05, 4.69) is 9.05 Å². The first kappa shape index (κ1) is 25.7. The maximum atomic E-state index is 11.6. The summed E-state index contributed by atoms with van der Waals surface area (Å²) in [5.41, 5.74) is -5.16. The second-order valence-corrected chi connectivity index (χ2v) is 12.7. The van der Waals surface area contributed by atoms with Crippen molar-refractivity contribution in [2.45, 2.75) is 17.3 Å². The molecule has 0 amide bonds. The van der Waals surface area contributed by atoms with Crippen LogP contribution in [0.25, 0.3) is 0 Å². The highest BCUT2D eigenvalue weighted by Crippen LogP contribution is 2.82. The Balaban J connectivity index is 7.45. The Bertz CT molecular complexity index is 688. The standard InChI is InChI=1S/C3H13O17P5/c1-2(21(4,5)6,22(7,8)9)3(23(10,11)12,19-24(13,14)15)20-25(16,17)18/h1H3,(H2,4,5,6)(H2,7,8,9)(H2,10,11,12)(H2,13,14,15)(H2,16,17,18). The largest absolute Gasteiger partial charge is 0.472 e. The van der Waals surface area contributed by atoms with E-state index in [1.807, 2.05) is 0 Å². The lowest BCUT2D eigenvalue weighted by molar-refractivity contribution is -0.103. The molecular formula is C3H13O17P5. The molecular weight excluding hydrogens is 463 g/mol. The fourth-order valence-corrected chi connectivity index (χ4v) is 8.74. The third-order valence-electron chi connectivity index (χ3n) is 2.60. The fraction of sp³-hybridized carbons (Fsp3) is 1.00. The van der Waals surface area contributed by atoms with Crippen molar-refractivity contribution in [3.63, 3.8) is 0 Å². The number of hydrogen-bond acceptors (Lipinski definition) is 7. The summed E-state index contributed by atoms with van der Waals surface area (Å²) in [7, 11) is -32.7. The van der Waals surface area contributed by atoms with Gasteiger partial charge in [-0.1, -0.05) is 0 Å². The molecule has 0 aliphatic rings. The van der Waals surface area contributed by atoms with Crippen molar-refractivity contribution in [3.8, 4) is 0 Å². The molecule has 0 aliphatic heterocycles. The molecule has 0 unspecified atom stereocenters. The lowest BCUT2D eigenvalue weighted by Crippen LogP contribution is -2.54. The summed E-state index contributed by atoms with van der Waals surface area (Å²) in [6.45, 7) is -0.348. The zero-order valence-electron chi connectivity index (χ0n) is 11.6. The molecule has 0 fully saturated rings. The molecule has 25 heavy (non-hydrogen) atoms. The van der Waals surface area contributed by atoms with Gasteiger partial charge in [-0.3, -0.25) is 13.7 Å². The molecule has 0 saturated heterocycles. The van der Waals surface area contributed by atoms with E-state index >= 15 is 0 Å². The molecule has 0 saturated carbocycles. The summed E-state index contributed by atoms with van der Waals surface area (Å²) in [4.78, 5) is 85.3. The first-order valence-corrected chi connectivity index (χ1v) is 13.0. The van der Waals surface area contributed by atoms with Gasteiger partial charge in [0.15, 0.2) is 0 Å². The monoisotopic (exact) mass is 476 g/mol. The molecule has 10 N–H and O–H groups in total. The van der Waals surface area contributed by atoms with Gasteiger partial charge in [0.1, 0.15) is 0 Å². The van der Waals surface area contributed by atoms with Gasteiger partial charge in [0, 0.05) is 0 Å². The third kappa shape index (κ3) is 5.35. The summed E-state index contributed by atoms with van der Waals surface area (Å²) in [6, 6.07) is 0. The Kier molecular flexibility index (Phi) is 7.11. The maximum absolute atomic E-state index is 11.6. The van der Waals surface area contributed by atoms with Gasteiger partial charge in [-0.15, -0.1) is 0 Å². The zero-order valence-corrected chi connectivity index (χ0v) is 16.0. The van der Waals surface area contributed by atoms with Crippen LogP contribution >= 0.6 is 38.4 Å². The van der Waals surface area contributed by atoms with Crippen LogP contribution in [0.2, 0.25) is 0 Å². The van der Waals surface area contributed by atoms with Crippen molar-refractivity contribution in [1.82, 2.24) is 0 Å². The molecule has 22 heteroatoms. The number of phosphoric ester groups is 2. The molecule has 0 rings (SSSR count). The predicted molar refractivity (Wildman–Crippen MR) is 73.5 cm³/mol. The van der Waals surface area contributed by atoms with Crippen molar-refractivity contribution >= 4 is 38.4 Å². The molecule has 152 valence electrons. The van der Waals surface area contributed by atoms with Gasteiger partial charge in [0.2, 0.25) is 4.90 Å². The highest BCUT2D eigenvalue weighted by molar-refractivity contribution is 7.74. The van der Waals surface area contributed by atoms with E-state index in [9.17, 15) is 52.2 Å². The van der Waals surface area contributed by atoms with Gasteiger partial charge in [0.25, 0.3) is 0 Å². The van der Waals surface area contributed by atoms with Crippen LogP contribution in [0.4, 0.5) is 0 Å². The Labute approximate surface area is 137 Å². The summed E-state index contributed by atoms with van der Waals surface area (Å²) in [6.07, 6.45) is 0. The zero-order chi connectivity index (χ0) is 20.9. The second-order valence-electron chi connectivity index (χ2n) is 4.40. The minimum atomic E-state index is -6.83. The van der Waals surface area contributed by atoms with Crippen LogP contribution in [-0.2, 0) is 31.9 Å². The van der Waals surface area contributed by atoms with Crippen molar-refractivity contribution in [3.05, 3.63) is 0 Å². The molecule has 0 bridgehead atoms. The Morgan fingerprint density at radius 2 is 0.800 bits per heavy atom. The van der Waals surface area contributed by atoms with E-state index < -0.39 is 48.9 Å². The average Bonchev–Trinajstić information content (AvgIpc) is 2.17. The van der Waals surface area contributed by atoms with Gasteiger partial charge in [0.05, 0.1) is 0 Å². The molecule has 0 heterocycles. The van der Waals surface area contributed by atoms with Crippen LogP contribution in [0.15, 0.2) is 0 Å². The van der Waals surface area contributed by atoms with Gasteiger partial charge < -0.3 is 48.9 Å². The fourth-order valence-electron chi connectivity index (χ4n) is 1.43. The molecule has 0 radical (unpaired) electrons. The Morgan fingerprint density at radius 1 is 0.560 bits per heavy atom. The van der Waals surface area contributed by atoms with Gasteiger partial charge >= 0.3 is 44.0 Å². The predicted octanol–water partition coefficient (Wildman–Crippen LogP) is -1.89. The Morgan fingerprint density at radius 3 is 0.920 bits per heavy atom. The molecule has 17 nitrogen and oxygen atoms in total. The summed E-state index contributed by atoms with van der Waals surface area (Å²) in [5, 5.41) is 0. The van der Waals surface area contributed by atoms with E-state index in [-0.39, 0.29) is 6.92 Å². The van der Waals surface area contributed by atoms with E-state index in [0.29, 0.717) is 0 Å². The lowest BCUT2D eigenvalue weighted by Gasteiger charge is -2.45. The quantitative estimate of drug-likeness (QED) is 0.135. The van der Waals surface area contributed by atoms with E-state index in [0.717, 1.165) is 0 Å². The first-order chi connectivity index (χ1) is 10.4. The van der Waals surface area contributed by atoms with Crippen LogP contribution in [-0.4, -0.2) is 59.4 Å². The van der Waals surface area contributed by atoms with Gasteiger partial charge in [-0.2, -0.15) is 0 Å². The molecule has 0 aromatic heterocycles. The minimum absolute atomic E-state index is 0.348. The first-order valence-electron chi connectivity index (χ1n) is 5.11. The summed E-state index contributed by atoms with van der Waals surface area (Å²) in [5.74, 6) is 0. The summed E-state index contributed by atoms with van der Waals surface area (Å²) >= 11 is 0. The van der Waals surface area contributed by atoms with Crippen molar-refractivity contribution in [2.75, 3.05) is 0 Å². The van der Waals surface area contributed by atoms with Crippen molar-refractivity contribution < 1.29 is 80.8 Å². The highest BCUT2D eigenvalue weighted by atomic mass is 31.2. The van der Waals surface area contributed by atoms with Crippen molar-refractivity contribution in [1.29, 1.82) is 0 Å². The van der Waals surface area contributed by atoms with Crippen LogP contribution < -0.4 is 0 Å². The molecule has 0 aliphatic carbocycles. The van der Waals surface area contributed by atoms with Crippen LogP contribution in [0.5, 0.6) is 0 Å². The summed E-state index contributed by atoms with van der Waals surface area (Å²) < 4.78 is 63.5. The smallest absolute Gasteiger partial charge is 0.323 e. The van der Waals surface area contributed by atoms with E-state index in [1.165, 1.54) is 0 Å². The Hall–Kier alpha value is 0.670. The van der Waals surface area contributed by atoms with Crippen LogP contribution in [0.3, 0.4) is 0 Å². The second kappa shape index (κ2) is 6.93. The maximum Gasteiger partial charge on any atom is 0.472 e. The number of hydrogen-bond donors (Lipinski definition) is 10. The van der Waals surface area contributed by atoms with E-state index in [4.69, 9.17) is 19.6 Å². The average molecular weight is 476 g/mol. The van der Waals surface area contributed by atoms with E-state index in [1.54, 1.807) is 0 Å². The van der Waals surface area contributed by atoms with Crippen molar-refractivity contribution in [2.24, 2.45) is 0 Å². The van der Waals surface area contributed by atoms with Crippen LogP contribution in [0.1, 0.15) is 6.92 Å². The molecule has 0 spiro atoms. The highest BCUT2D eigenvalue weighted by Gasteiger charge is 2.81. The lowest BCUT2D eigenvalue weighted by atomic mass is 10.4. The number of rotatable bonds is 8. The minimum Gasteiger partial charge on any atom is -0.323 e. The van der Waals surface area contributed by atoms with Gasteiger partial charge in [-0.05, 0) is 6.92 Å². The third-order valence-corrected chi connectivity index (χ3v) is 10.0. The normalized spacial score (nSPS) is 16.1. The van der Waals surface area contributed by atoms with Crippen LogP contribution in [0, 0.1) is 0 Å². The molecule has 0 aromatic rings. The van der Waals surface area contributed by atoms with Gasteiger partial charge in [-0.25, -0.2) is 18.2 Å². The molecule has 0 aromatic carbocycles. The number of phosphoric acid groups is 2. The topological polar surface area (TPSA) is 306 Å².